The molecule has 1 aliphatic rings. The van der Waals surface area contributed by atoms with Gasteiger partial charge in [-0.15, -0.1) is 0 Å². The molecule has 2 aromatic carbocycles. The fourth-order valence-electron chi connectivity index (χ4n) is 3.87. The van der Waals surface area contributed by atoms with Gasteiger partial charge in [0.2, 0.25) is 0 Å². The van der Waals surface area contributed by atoms with Gasteiger partial charge in [-0.1, -0.05) is 35.5 Å². The lowest BCUT2D eigenvalue weighted by atomic mass is 10.0. The number of aromatic nitrogens is 5. The third-order valence-corrected chi connectivity index (χ3v) is 5.80. The van der Waals surface area contributed by atoms with E-state index in [1.54, 1.807) is 13.0 Å². The highest BCUT2D eigenvalue weighted by atomic mass is 16.5. The standard InChI is InChI=1S/C25H20N6O2/c1-14-21-19(13-20(27-25(21)33-31-14)15-5-3-2-4-6-15)24(32)26-18-11-9-17(10-12-18)23-28-22(29-30-23)16-7-8-16/h2-6,9-13,16H,7-8H2,1H3,(H,26,32)(H,28,29,30). The number of rotatable bonds is 5. The number of H-pyrrole nitrogens is 1. The maximum absolute atomic E-state index is 13.3. The minimum atomic E-state index is -0.257. The smallest absolute Gasteiger partial charge is 0.259 e. The summed E-state index contributed by atoms with van der Waals surface area (Å²) < 4.78 is 5.38. The number of hydrogen-bond acceptors (Lipinski definition) is 6. The Kier molecular flexibility index (Phi) is 4.50. The lowest BCUT2D eigenvalue weighted by Crippen LogP contribution is -2.13. The van der Waals surface area contributed by atoms with Gasteiger partial charge in [-0.3, -0.25) is 9.89 Å². The van der Waals surface area contributed by atoms with Crippen LogP contribution in [0.15, 0.2) is 65.2 Å². The van der Waals surface area contributed by atoms with E-state index in [0.717, 1.165) is 17.0 Å². The molecule has 1 amide bonds. The molecule has 0 radical (unpaired) electrons. The molecule has 5 aromatic rings. The van der Waals surface area contributed by atoms with Gasteiger partial charge in [0.1, 0.15) is 5.82 Å². The van der Waals surface area contributed by atoms with E-state index in [4.69, 9.17) is 4.52 Å². The van der Waals surface area contributed by atoms with Crippen LogP contribution in [-0.4, -0.2) is 31.2 Å². The van der Waals surface area contributed by atoms with Crippen molar-refractivity contribution in [2.45, 2.75) is 25.7 Å². The van der Waals surface area contributed by atoms with Crippen molar-refractivity contribution in [3.05, 3.63) is 77.7 Å². The number of pyridine rings is 1. The molecule has 8 heteroatoms. The molecule has 1 saturated carbocycles. The number of anilines is 1. The van der Waals surface area contributed by atoms with Crippen LogP contribution < -0.4 is 5.32 Å². The van der Waals surface area contributed by atoms with Gasteiger partial charge < -0.3 is 9.84 Å². The first-order chi connectivity index (χ1) is 16.2. The zero-order chi connectivity index (χ0) is 22.4. The molecule has 1 aliphatic carbocycles. The fraction of sp³-hybridized carbons (Fsp3) is 0.160. The molecule has 0 spiro atoms. The first-order valence-corrected chi connectivity index (χ1v) is 10.8. The Bertz CT molecular complexity index is 1470. The summed E-state index contributed by atoms with van der Waals surface area (Å²) >= 11 is 0. The number of nitrogens with one attached hydrogen (secondary N) is 2. The lowest BCUT2D eigenvalue weighted by Gasteiger charge is -2.09. The Balaban J connectivity index is 1.29. The van der Waals surface area contributed by atoms with Crippen molar-refractivity contribution < 1.29 is 9.32 Å². The van der Waals surface area contributed by atoms with Crippen molar-refractivity contribution in [1.82, 2.24) is 25.3 Å². The molecule has 33 heavy (non-hydrogen) atoms. The molecule has 2 N–H and O–H groups in total. The van der Waals surface area contributed by atoms with Crippen LogP contribution in [0.25, 0.3) is 33.7 Å². The highest BCUT2D eigenvalue weighted by Gasteiger charge is 2.27. The molecule has 3 heterocycles. The SMILES string of the molecule is Cc1noc2nc(-c3ccccc3)cc(C(=O)Nc3ccc(-c4n[nH]c(C5CC5)n4)cc3)c12. The maximum atomic E-state index is 13.3. The Morgan fingerprint density at radius 2 is 1.82 bits per heavy atom. The summed E-state index contributed by atoms with van der Waals surface area (Å²) in [6.45, 7) is 1.80. The third-order valence-electron chi connectivity index (χ3n) is 5.80. The summed E-state index contributed by atoms with van der Waals surface area (Å²) in [5.41, 5.74) is 4.52. The van der Waals surface area contributed by atoms with Crippen molar-refractivity contribution >= 4 is 22.7 Å². The Labute approximate surface area is 189 Å². The van der Waals surface area contributed by atoms with Crippen LogP contribution in [0, 0.1) is 6.92 Å². The molecule has 0 bridgehead atoms. The van der Waals surface area contributed by atoms with Crippen LogP contribution >= 0.6 is 0 Å². The van der Waals surface area contributed by atoms with E-state index in [-0.39, 0.29) is 5.91 Å². The summed E-state index contributed by atoms with van der Waals surface area (Å²) in [4.78, 5) is 22.4. The van der Waals surface area contributed by atoms with Gasteiger partial charge in [-0.2, -0.15) is 5.10 Å². The Hall–Kier alpha value is -4.33. The molecule has 162 valence electrons. The van der Waals surface area contributed by atoms with E-state index in [2.05, 4.69) is 30.6 Å². The summed E-state index contributed by atoms with van der Waals surface area (Å²) in [6, 6.07) is 18.9. The zero-order valence-corrected chi connectivity index (χ0v) is 17.9. The molecule has 0 unspecified atom stereocenters. The quantitative estimate of drug-likeness (QED) is 0.396. The molecule has 3 aromatic heterocycles. The summed E-state index contributed by atoms with van der Waals surface area (Å²) in [7, 11) is 0. The average Bonchev–Trinajstić information content (AvgIpc) is 3.47. The van der Waals surface area contributed by atoms with Crippen LogP contribution in [0.2, 0.25) is 0 Å². The highest BCUT2D eigenvalue weighted by Crippen LogP contribution is 2.38. The number of amides is 1. The van der Waals surface area contributed by atoms with Gasteiger partial charge in [0.25, 0.3) is 11.6 Å². The molecule has 0 atom stereocenters. The highest BCUT2D eigenvalue weighted by molar-refractivity contribution is 6.13. The lowest BCUT2D eigenvalue weighted by molar-refractivity contribution is 0.102. The number of hydrogen-bond donors (Lipinski definition) is 2. The van der Waals surface area contributed by atoms with Crippen molar-refractivity contribution in [2.24, 2.45) is 0 Å². The van der Waals surface area contributed by atoms with Gasteiger partial charge in [-0.25, -0.2) is 9.97 Å². The van der Waals surface area contributed by atoms with Crippen LogP contribution in [0.3, 0.4) is 0 Å². The van der Waals surface area contributed by atoms with Crippen LogP contribution in [0.5, 0.6) is 0 Å². The predicted molar refractivity (Wildman–Crippen MR) is 124 cm³/mol. The van der Waals surface area contributed by atoms with E-state index < -0.39 is 0 Å². The maximum Gasteiger partial charge on any atom is 0.259 e. The van der Waals surface area contributed by atoms with Crippen LogP contribution in [-0.2, 0) is 0 Å². The van der Waals surface area contributed by atoms with Crippen molar-refractivity contribution in [3.8, 4) is 22.6 Å². The second-order valence-electron chi connectivity index (χ2n) is 8.22. The van der Waals surface area contributed by atoms with E-state index in [1.165, 1.54) is 12.8 Å². The largest absolute Gasteiger partial charge is 0.335 e. The first-order valence-electron chi connectivity index (χ1n) is 10.8. The summed E-state index contributed by atoms with van der Waals surface area (Å²) in [5.74, 6) is 1.87. The van der Waals surface area contributed by atoms with E-state index in [0.29, 0.717) is 45.5 Å². The second kappa shape index (κ2) is 7.67. The predicted octanol–water partition coefficient (Wildman–Crippen LogP) is 5.11. The summed E-state index contributed by atoms with van der Waals surface area (Å²) in [6.07, 6.45) is 2.33. The van der Waals surface area contributed by atoms with Gasteiger partial charge in [0.15, 0.2) is 5.82 Å². The van der Waals surface area contributed by atoms with Crippen LogP contribution in [0.4, 0.5) is 5.69 Å². The number of carbonyl (C=O) groups excluding carboxylic acids is 1. The fourth-order valence-corrected chi connectivity index (χ4v) is 3.87. The van der Waals surface area contributed by atoms with Crippen molar-refractivity contribution in [1.29, 1.82) is 0 Å². The molecular weight excluding hydrogens is 416 g/mol. The van der Waals surface area contributed by atoms with E-state index in [9.17, 15) is 4.79 Å². The summed E-state index contributed by atoms with van der Waals surface area (Å²) in [5, 5.41) is 14.9. The number of carbonyl (C=O) groups is 1. The third kappa shape index (κ3) is 3.65. The number of aryl methyl sites for hydroxylation is 1. The van der Waals surface area contributed by atoms with Gasteiger partial charge in [0, 0.05) is 22.7 Å². The topological polar surface area (TPSA) is 110 Å². The molecule has 1 fully saturated rings. The molecular formula is C25H20N6O2. The normalized spacial score (nSPS) is 13.4. The van der Waals surface area contributed by atoms with Gasteiger partial charge in [0.05, 0.1) is 22.3 Å². The Morgan fingerprint density at radius 1 is 1.03 bits per heavy atom. The van der Waals surface area contributed by atoms with Crippen molar-refractivity contribution in [2.75, 3.05) is 5.32 Å². The van der Waals surface area contributed by atoms with Gasteiger partial charge >= 0.3 is 0 Å². The Morgan fingerprint density at radius 3 is 2.58 bits per heavy atom. The average molecular weight is 436 g/mol. The molecule has 0 saturated heterocycles. The number of benzene rings is 2. The minimum Gasteiger partial charge on any atom is -0.335 e. The molecule has 8 nitrogen and oxygen atoms in total. The van der Waals surface area contributed by atoms with Gasteiger partial charge in [-0.05, 0) is 50.1 Å². The number of aromatic amines is 1. The molecule has 0 aliphatic heterocycles. The van der Waals surface area contributed by atoms with Crippen molar-refractivity contribution in [3.63, 3.8) is 0 Å². The van der Waals surface area contributed by atoms with Crippen LogP contribution in [0.1, 0.15) is 40.6 Å². The zero-order valence-electron chi connectivity index (χ0n) is 17.9. The number of nitrogens with zero attached hydrogens (tertiary/aromatic N) is 4. The van der Waals surface area contributed by atoms with E-state index >= 15 is 0 Å². The number of fused-ring (bicyclic) bond motifs is 1. The first kappa shape index (κ1) is 19.4. The second-order valence-corrected chi connectivity index (χ2v) is 8.22. The monoisotopic (exact) mass is 436 g/mol. The van der Waals surface area contributed by atoms with E-state index in [1.807, 2.05) is 54.6 Å². The molecule has 6 rings (SSSR count). The minimum absolute atomic E-state index is 0.257.